The molecule has 0 bridgehead atoms. The van der Waals surface area contributed by atoms with Crippen molar-refractivity contribution >= 4 is 35.6 Å². The number of fused-ring (bicyclic) bond motifs is 2. The van der Waals surface area contributed by atoms with Gasteiger partial charge in [0.15, 0.2) is 0 Å². The van der Waals surface area contributed by atoms with E-state index in [1.54, 1.807) is 39.5 Å². The topological polar surface area (TPSA) is 104 Å². The van der Waals surface area contributed by atoms with Gasteiger partial charge in [-0.3, -0.25) is 0 Å². The van der Waals surface area contributed by atoms with E-state index in [9.17, 15) is 13.0 Å². The summed E-state index contributed by atoms with van der Waals surface area (Å²) < 4.78 is 62.9. The molecule has 0 radical (unpaired) electrons. The molecule has 0 aromatic heterocycles. The van der Waals surface area contributed by atoms with E-state index >= 15 is 0 Å². The van der Waals surface area contributed by atoms with Crippen LogP contribution in [0.3, 0.4) is 0 Å². The molecule has 0 fully saturated rings. The van der Waals surface area contributed by atoms with Crippen LogP contribution in [0.1, 0.15) is 40.0 Å². The van der Waals surface area contributed by atoms with Gasteiger partial charge in [-0.2, -0.15) is 0 Å². The number of benzene rings is 3. The van der Waals surface area contributed by atoms with Gasteiger partial charge in [-0.1, -0.05) is 31.5 Å². The lowest BCUT2D eigenvalue weighted by molar-refractivity contribution is 0.123. The smallest absolute Gasteiger partial charge is 0.500 e. The Hall–Kier alpha value is -3.06. The summed E-state index contributed by atoms with van der Waals surface area (Å²) in [5.41, 5.74) is 3.37. The van der Waals surface area contributed by atoms with E-state index in [2.05, 4.69) is 30.2 Å². The van der Waals surface area contributed by atoms with Gasteiger partial charge in [-0.05, 0) is 38.1 Å². The number of unbranched alkanes of at least 4 members (excludes halogenated alkanes) is 1. The van der Waals surface area contributed by atoms with Crippen LogP contribution in [0.15, 0.2) is 70.0 Å². The van der Waals surface area contributed by atoms with E-state index in [4.69, 9.17) is 17.7 Å². The molecule has 1 aliphatic carbocycles. The molecule has 0 spiro atoms. The van der Waals surface area contributed by atoms with Crippen molar-refractivity contribution in [3.8, 4) is 22.5 Å². The van der Waals surface area contributed by atoms with Crippen LogP contribution in [0.25, 0.3) is 33.4 Å². The first-order chi connectivity index (χ1) is 21.1. The lowest BCUT2D eigenvalue weighted by Gasteiger charge is -2.23. The van der Waals surface area contributed by atoms with Crippen LogP contribution in [0, 0.1) is 0 Å². The van der Waals surface area contributed by atoms with Gasteiger partial charge in [0.25, 0.3) is 0 Å². The average Bonchev–Trinajstić information content (AvgIpc) is 3.03. The maximum atomic E-state index is 12.4. The first kappa shape index (κ1) is 33.8. The van der Waals surface area contributed by atoms with Crippen LogP contribution < -0.4 is 14.8 Å². The molecule has 0 N–H and O–H groups in total. The minimum atomic E-state index is -4.73. The zero-order chi connectivity index (χ0) is 31.9. The van der Waals surface area contributed by atoms with Crippen molar-refractivity contribution in [3.05, 3.63) is 66.0 Å². The number of nitrogens with zero attached hydrogens (tertiary/aromatic N) is 2. The number of rotatable bonds is 15. The van der Waals surface area contributed by atoms with Gasteiger partial charge in [0.1, 0.15) is 34.6 Å². The Morgan fingerprint density at radius 2 is 1.55 bits per heavy atom. The van der Waals surface area contributed by atoms with Crippen molar-refractivity contribution in [2.45, 2.75) is 51.0 Å². The molecule has 1 aliphatic heterocycles. The second-order valence-corrected chi connectivity index (χ2v) is 15.1. The average molecular weight is 641 g/mol. The molecule has 0 unspecified atom stereocenters. The highest BCUT2D eigenvalue weighted by atomic mass is 32.2. The monoisotopic (exact) mass is 640 g/mol. The molecule has 0 atom stereocenters. The highest BCUT2D eigenvalue weighted by molar-refractivity contribution is 7.85. The second-order valence-electron chi connectivity index (χ2n) is 10.7. The summed E-state index contributed by atoms with van der Waals surface area (Å²) in [7, 11) is -2.55. The van der Waals surface area contributed by atoms with E-state index in [-0.39, 0.29) is 4.90 Å². The largest absolute Gasteiger partial charge is 0.744 e. The molecular weight excluding hydrogens is 597 g/mol. The molecular formula is C33H44N2O7SSi. The van der Waals surface area contributed by atoms with Gasteiger partial charge >= 0.3 is 8.80 Å². The Kier molecular flexibility index (Phi) is 11.4. The van der Waals surface area contributed by atoms with Crippen molar-refractivity contribution < 1.29 is 30.7 Å². The minimum Gasteiger partial charge on any atom is -0.744 e. The van der Waals surface area contributed by atoms with Gasteiger partial charge in [0.05, 0.1) is 11.0 Å². The van der Waals surface area contributed by atoms with Crippen molar-refractivity contribution in [1.29, 1.82) is 0 Å². The highest BCUT2D eigenvalue weighted by Crippen LogP contribution is 2.42. The first-order valence-corrected chi connectivity index (χ1v) is 18.5. The third-order valence-electron chi connectivity index (χ3n) is 8.23. The van der Waals surface area contributed by atoms with E-state index in [1.165, 1.54) is 6.07 Å². The SMILES string of the molecule is CCCC[N+](CCC[Si](OC)(OC)OC)=c1ccc2c(-c3ccccc3S(=O)(=O)[O-])c3ccc(N(CC)CC)cc3oc-2c1. The van der Waals surface area contributed by atoms with Crippen LogP contribution in [-0.4, -0.2) is 69.3 Å². The van der Waals surface area contributed by atoms with E-state index in [0.717, 1.165) is 67.4 Å². The number of hydrogen-bond acceptors (Lipinski definition) is 8. The zero-order valence-corrected chi connectivity index (χ0v) is 28.4. The molecule has 2 aromatic rings. The molecule has 2 aliphatic rings. The molecule has 1 heterocycles. The standard InChI is InChI=1S/C33H44N2O7SSi/c1-7-10-20-35(21-13-22-44(39-4,40-5)41-6)26-17-19-28-31(24-26)42-30-23-25(34(8-2)9-3)16-18-27(30)33(28)29-14-11-12-15-32(29)43(36,37)38/h11-12,14-19,23-24H,7-10,13,20-22H2,1-6H3. The van der Waals surface area contributed by atoms with Crippen LogP contribution in [0.4, 0.5) is 5.69 Å². The second kappa shape index (κ2) is 14.8. The van der Waals surface area contributed by atoms with Crippen LogP contribution in [0.2, 0.25) is 6.04 Å². The Bertz CT molecular complexity index is 1700. The Balaban J connectivity index is 1.97. The predicted molar refractivity (Wildman–Crippen MR) is 176 cm³/mol. The normalized spacial score (nSPS) is 13.1. The molecule has 4 rings (SSSR count). The molecule has 0 saturated carbocycles. The third kappa shape index (κ3) is 7.25. The maximum absolute atomic E-state index is 12.4. The summed E-state index contributed by atoms with van der Waals surface area (Å²) in [4.78, 5) is 1.97. The summed E-state index contributed by atoms with van der Waals surface area (Å²) >= 11 is 0. The summed E-state index contributed by atoms with van der Waals surface area (Å²) in [6, 6.07) is 19.0. The van der Waals surface area contributed by atoms with Gasteiger partial charge in [0.2, 0.25) is 5.36 Å². The summed E-state index contributed by atoms with van der Waals surface area (Å²) in [6.45, 7) is 9.64. The van der Waals surface area contributed by atoms with Crippen LogP contribution >= 0.6 is 0 Å². The Morgan fingerprint density at radius 3 is 2.18 bits per heavy atom. The fourth-order valence-corrected chi connectivity index (χ4v) is 8.18. The van der Waals surface area contributed by atoms with Gasteiger partial charge in [-0.15, -0.1) is 0 Å². The molecule has 0 amide bonds. The van der Waals surface area contributed by atoms with Crippen molar-refractivity contribution in [2.75, 3.05) is 52.4 Å². The Morgan fingerprint density at radius 1 is 0.864 bits per heavy atom. The highest BCUT2D eigenvalue weighted by Gasteiger charge is 2.37. The zero-order valence-electron chi connectivity index (χ0n) is 26.6. The van der Waals surface area contributed by atoms with Gasteiger partial charge < -0.3 is 27.1 Å². The van der Waals surface area contributed by atoms with E-state index < -0.39 is 18.9 Å². The lowest BCUT2D eigenvalue weighted by atomic mass is 9.93. The molecule has 44 heavy (non-hydrogen) atoms. The summed E-state index contributed by atoms with van der Waals surface area (Å²) in [5.74, 6) is 0.607. The third-order valence-corrected chi connectivity index (χ3v) is 12.0. The summed E-state index contributed by atoms with van der Waals surface area (Å²) in [6.07, 6.45) is 2.87. The van der Waals surface area contributed by atoms with E-state index in [0.29, 0.717) is 28.5 Å². The minimum absolute atomic E-state index is 0.252. The maximum Gasteiger partial charge on any atom is 0.500 e. The van der Waals surface area contributed by atoms with Crippen molar-refractivity contribution in [1.82, 2.24) is 4.58 Å². The van der Waals surface area contributed by atoms with Crippen LogP contribution in [0.5, 0.6) is 0 Å². The number of hydrogen-bond donors (Lipinski definition) is 0. The molecule has 11 heteroatoms. The summed E-state index contributed by atoms with van der Waals surface area (Å²) in [5, 5.41) is 1.73. The number of anilines is 1. The molecule has 0 saturated heterocycles. The van der Waals surface area contributed by atoms with Crippen LogP contribution in [-0.2, 0) is 23.4 Å². The fraction of sp³-hybridized carbons (Fsp3) is 0.424. The van der Waals surface area contributed by atoms with Crippen molar-refractivity contribution in [2.24, 2.45) is 0 Å². The van der Waals surface area contributed by atoms with Gasteiger partial charge in [-0.25, -0.2) is 13.0 Å². The molecule has 9 nitrogen and oxygen atoms in total. The Labute approximate surface area is 262 Å². The fourth-order valence-electron chi connectivity index (χ4n) is 5.79. The van der Waals surface area contributed by atoms with Crippen molar-refractivity contribution in [3.63, 3.8) is 0 Å². The van der Waals surface area contributed by atoms with Gasteiger partial charge in [0, 0.05) is 93.2 Å². The molecule has 238 valence electrons. The first-order valence-electron chi connectivity index (χ1n) is 15.2. The van der Waals surface area contributed by atoms with E-state index in [1.807, 2.05) is 36.4 Å². The predicted octanol–water partition coefficient (Wildman–Crippen LogP) is 5.80. The molecule has 2 aromatic carbocycles. The quantitative estimate of drug-likeness (QED) is 0.0696. The lowest BCUT2D eigenvalue weighted by Crippen LogP contribution is -2.43.